The lowest BCUT2D eigenvalue weighted by atomic mass is 9.98. The summed E-state index contributed by atoms with van der Waals surface area (Å²) in [4.78, 5) is 29.6. The minimum absolute atomic E-state index is 0.00448. The number of hydrogen-bond acceptors (Lipinski definition) is 3. The molecule has 0 aromatic heterocycles. The standard InChI is InChI=1S/C29H31ClN2O3/c1-20-14-21(2)16-24(15-20)18-32(22(3)33)27-10-7-13-31(28-17-25(30)11-12-26(27)28)29(34)35-19-23-8-5-4-6-9-23/h4-6,8-9,11-12,14-17,27H,7,10,13,18-19H2,1-3H3. The van der Waals surface area contributed by atoms with Gasteiger partial charge in [0.15, 0.2) is 0 Å². The predicted octanol–water partition coefficient (Wildman–Crippen LogP) is 6.98. The average molecular weight is 491 g/mol. The van der Waals surface area contributed by atoms with Crippen LogP contribution in [0.15, 0.2) is 66.7 Å². The molecule has 3 aromatic carbocycles. The highest BCUT2D eigenvalue weighted by Crippen LogP contribution is 2.39. The van der Waals surface area contributed by atoms with Gasteiger partial charge in [0.25, 0.3) is 0 Å². The fraction of sp³-hybridized carbons (Fsp3) is 0.310. The third kappa shape index (κ3) is 6.04. The van der Waals surface area contributed by atoms with E-state index in [0.29, 0.717) is 23.8 Å². The van der Waals surface area contributed by atoms with Gasteiger partial charge < -0.3 is 9.64 Å². The van der Waals surface area contributed by atoms with Gasteiger partial charge >= 0.3 is 6.09 Å². The van der Waals surface area contributed by atoms with Gasteiger partial charge in [-0.25, -0.2) is 4.79 Å². The van der Waals surface area contributed by atoms with E-state index >= 15 is 0 Å². The van der Waals surface area contributed by atoms with E-state index in [2.05, 4.69) is 32.0 Å². The molecule has 0 bridgehead atoms. The molecule has 0 fully saturated rings. The fourth-order valence-corrected chi connectivity index (χ4v) is 5.03. The average Bonchev–Trinajstić information content (AvgIpc) is 3.00. The Kier molecular flexibility index (Phi) is 7.76. The number of benzene rings is 3. The smallest absolute Gasteiger partial charge is 0.414 e. The maximum atomic E-state index is 13.2. The van der Waals surface area contributed by atoms with Gasteiger partial charge in [0.1, 0.15) is 6.61 Å². The van der Waals surface area contributed by atoms with Crippen LogP contribution < -0.4 is 4.90 Å². The number of nitrogens with zero attached hydrogens (tertiary/aromatic N) is 2. The van der Waals surface area contributed by atoms with Crippen LogP contribution in [0.25, 0.3) is 0 Å². The first-order chi connectivity index (χ1) is 16.8. The number of aryl methyl sites for hydroxylation is 2. The predicted molar refractivity (Wildman–Crippen MR) is 140 cm³/mol. The van der Waals surface area contributed by atoms with Crippen LogP contribution in [-0.4, -0.2) is 23.4 Å². The van der Waals surface area contributed by atoms with Gasteiger partial charge in [0.05, 0.1) is 11.7 Å². The third-order valence-electron chi connectivity index (χ3n) is 6.34. The number of amides is 2. The summed E-state index contributed by atoms with van der Waals surface area (Å²) in [5.74, 6) is -0.00448. The summed E-state index contributed by atoms with van der Waals surface area (Å²) in [5.41, 5.74) is 5.97. The Labute approximate surface area is 212 Å². The van der Waals surface area contributed by atoms with E-state index in [1.165, 1.54) is 11.1 Å². The molecular formula is C29H31ClN2O3. The van der Waals surface area contributed by atoms with Gasteiger partial charge in [0.2, 0.25) is 5.91 Å². The number of fused-ring (bicyclic) bond motifs is 1. The first-order valence-electron chi connectivity index (χ1n) is 11.9. The maximum Gasteiger partial charge on any atom is 0.414 e. The van der Waals surface area contributed by atoms with Crippen molar-refractivity contribution in [2.24, 2.45) is 0 Å². The number of hydrogen-bond donors (Lipinski definition) is 0. The van der Waals surface area contributed by atoms with Crippen molar-refractivity contribution in [2.75, 3.05) is 11.4 Å². The van der Waals surface area contributed by atoms with Crippen LogP contribution in [0.2, 0.25) is 5.02 Å². The second-order valence-corrected chi connectivity index (χ2v) is 9.63. The minimum Gasteiger partial charge on any atom is -0.444 e. The Morgan fingerprint density at radius 2 is 1.71 bits per heavy atom. The van der Waals surface area contributed by atoms with E-state index in [1.54, 1.807) is 17.9 Å². The van der Waals surface area contributed by atoms with E-state index in [0.717, 1.165) is 29.5 Å². The molecule has 0 saturated carbocycles. The molecule has 2 amide bonds. The van der Waals surface area contributed by atoms with Crippen molar-refractivity contribution in [2.45, 2.75) is 52.8 Å². The third-order valence-corrected chi connectivity index (χ3v) is 6.58. The summed E-state index contributed by atoms with van der Waals surface area (Å²) in [6, 6.07) is 21.4. The Hall–Kier alpha value is -3.31. The van der Waals surface area contributed by atoms with Crippen molar-refractivity contribution in [3.8, 4) is 0 Å². The molecule has 0 saturated heterocycles. The molecule has 6 heteroatoms. The molecule has 35 heavy (non-hydrogen) atoms. The quantitative estimate of drug-likeness (QED) is 0.387. The monoisotopic (exact) mass is 490 g/mol. The number of carbonyl (C=O) groups excluding carboxylic acids is 2. The van der Waals surface area contributed by atoms with Crippen LogP contribution >= 0.6 is 11.6 Å². The van der Waals surface area contributed by atoms with Crippen molar-refractivity contribution < 1.29 is 14.3 Å². The van der Waals surface area contributed by atoms with Crippen molar-refractivity contribution >= 4 is 29.3 Å². The van der Waals surface area contributed by atoms with Crippen LogP contribution in [-0.2, 0) is 22.7 Å². The molecule has 5 nitrogen and oxygen atoms in total. The van der Waals surface area contributed by atoms with Crippen molar-refractivity contribution in [3.63, 3.8) is 0 Å². The molecule has 1 aliphatic heterocycles. The molecule has 0 spiro atoms. The Morgan fingerprint density at radius 1 is 1.00 bits per heavy atom. The van der Waals surface area contributed by atoms with Gasteiger partial charge in [-0.1, -0.05) is 77.3 Å². The zero-order chi connectivity index (χ0) is 24.9. The van der Waals surface area contributed by atoms with Crippen molar-refractivity contribution in [1.29, 1.82) is 0 Å². The molecule has 0 radical (unpaired) electrons. The summed E-state index contributed by atoms with van der Waals surface area (Å²) in [6.45, 7) is 6.93. The summed E-state index contributed by atoms with van der Waals surface area (Å²) >= 11 is 6.37. The zero-order valence-electron chi connectivity index (χ0n) is 20.5. The number of halogens is 1. The lowest BCUT2D eigenvalue weighted by Gasteiger charge is -2.32. The second-order valence-electron chi connectivity index (χ2n) is 9.20. The molecule has 0 N–H and O–H groups in total. The van der Waals surface area contributed by atoms with E-state index in [1.807, 2.05) is 47.4 Å². The first-order valence-corrected chi connectivity index (χ1v) is 12.3. The molecule has 4 rings (SSSR count). The lowest BCUT2D eigenvalue weighted by molar-refractivity contribution is -0.132. The first kappa shape index (κ1) is 24.8. The van der Waals surface area contributed by atoms with E-state index in [4.69, 9.17) is 16.3 Å². The van der Waals surface area contributed by atoms with E-state index in [9.17, 15) is 9.59 Å². The SMILES string of the molecule is CC(=O)N(Cc1cc(C)cc(C)c1)C1CCCN(C(=O)OCc2ccccc2)c2cc(Cl)ccc21. The van der Waals surface area contributed by atoms with Crippen LogP contribution in [0.5, 0.6) is 0 Å². The number of carbonyl (C=O) groups is 2. The van der Waals surface area contributed by atoms with E-state index in [-0.39, 0.29) is 18.6 Å². The van der Waals surface area contributed by atoms with E-state index < -0.39 is 6.09 Å². The highest BCUT2D eigenvalue weighted by molar-refractivity contribution is 6.31. The molecule has 1 unspecified atom stereocenters. The van der Waals surface area contributed by atoms with Crippen LogP contribution in [0, 0.1) is 13.8 Å². The molecule has 182 valence electrons. The Bertz CT molecular complexity index is 1190. The highest BCUT2D eigenvalue weighted by Gasteiger charge is 2.32. The number of ether oxygens (including phenoxy) is 1. The molecule has 1 atom stereocenters. The summed E-state index contributed by atoms with van der Waals surface area (Å²) in [7, 11) is 0. The molecule has 3 aromatic rings. The molecule has 1 heterocycles. The summed E-state index contributed by atoms with van der Waals surface area (Å²) in [6.07, 6.45) is 1.05. The topological polar surface area (TPSA) is 49.9 Å². The second kappa shape index (κ2) is 11.0. The van der Waals surface area contributed by atoms with Crippen LogP contribution in [0.3, 0.4) is 0 Å². The minimum atomic E-state index is -0.415. The molecule has 0 aliphatic carbocycles. The van der Waals surface area contributed by atoms with Crippen LogP contribution in [0.1, 0.15) is 53.6 Å². The van der Waals surface area contributed by atoms with Crippen molar-refractivity contribution in [1.82, 2.24) is 4.90 Å². The normalized spacial score (nSPS) is 15.2. The lowest BCUT2D eigenvalue weighted by Crippen LogP contribution is -2.34. The van der Waals surface area contributed by atoms with Gasteiger partial charge in [-0.2, -0.15) is 0 Å². The fourth-order valence-electron chi connectivity index (χ4n) is 4.86. The van der Waals surface area contributed by atoms with Gasteiger partial charge in [-0.05, 0) is 55.5 Å². The number of rotatable bonds is 5. The van der Waals surface area contributed by atoms with Gasteiger partial charge in [0, 0.05) is 25.0 Å². The molecular weight excluding hydrogens is 460 g/mol. The van der Waals surface area contributed by atoms with Crippen molar-refractivity contribution in [3.05, 3.63) is 99.6 Å². The van der Waals surface area contributed by atoms with Gasteiger partial charge in [-0.3, -0.25) is 9.69 Å². The largest absolute Gasteiger partial charge is 0.444 e. The summed E-state index contributed by atoms with van der Waals surface area (Å²) in [5, 5.41) is 0.536. The number of anilines is 1. The maximum absolute atomic E-state index is 13.2. The zero-order valence-corrected chi connectivity index (χ0v) is 21.2. The molecule has 1 aliphatic rings. The summed E-state index contributed by atoms with van der Waals surface area (Å²) < 4.78 is 5.65. The van der Waals surface area contributed by atoms with Crippen LogP contribution in [0.4, 0.5) is 10.5 Å². The Morgan fingerprint density at radius 3 is 2.40 bits per heavy atom. The highest BCUT2D eigenvalue weighted by atomic mass is 35.5. The van der Waals surface area contributed by atoms with Gasteiger partial charge in [-0.15, -0.1) is 0 Å². The Balaban J connectivity index is 1.63.